The fourth-order valence-corrected chi connectivity index (χ4v) is 5.61. The average molecular weight is 608 g/mol. The highest BCUT2D eigenvalue weighted by Gasteiger charge is 2.17. The summed E-state index contributed by atoms with van der Waals surface area (Å²) in [6, 6.07) is 26.4. The van der Waals surface area contributed by atoms with Gasteiger partial charge in [0.2, 0.25) is 0 Å². The molecule has 1 nitrogen and oxygen atoms in total. The van der Waals surface area contributed by atoms with E-state index in [2.05, 4.69) is 133 Å². The Balaban J connectivity index is 0.000000276. The molecule has 1 aliphatic carbocycles. The highest BCUT2D eigenvalue weighted by molar-refractivity contribution is 5.73. The van der Waals surface area contributed by atoms with Gasteiger partial charge in [0.25, 0.3) is 0 Å². The lowest BCUT2D eigenvalue weighted by atomic mass is 9.86. The SMILES string of the molecule is C=Cc1ccc(C/C(=C(\C)C(C)CC)c2ccccc2C)cc1.CC.CC1CC1.CCC1CCN(Cc2ccc(C)cc2)CC1. The second-order valence-corrected chi connectivity index (χ2v) is 13.2. The summed E-state index contributed by atoms with van der Waals surface area (Å²) in [7, 11) is 0. The van der Waals surface area contributed by atoms with E-state index in [1.807, 2.05) is 19.9 Å². The van der Waals surface area contributed by atoms with Crippen LogP contribution in [0.5, 0.6) is 0 Å². The topological polar surface area (TPSA) is 3.24 Å². The molecule has 246 valence electrons. The van der Waals surface area contributed by atoms with Gasteiger partial charge in [-0.25, -0.2) is 0 Å². The van der Waals surface area contributed by atoms with Crippen molar-refractivity contribution in [2.75, 3.05) is 13.1 Å². The largest absolute Gasteiger partial charge is 0.299 e. The van der Waals surface area contributed by atoms with Gasteiger partial charge < -0.3 is 0 Å². The molecule has 3 aromatic rings. The van der Waals surface area contributed by atoms with Crippen LogP contribution in [-0.4, -0.2) is 18.0 Å². The summed E-state index contributed by atoms with van der Waals surface area (Å²) in [5.74, 6) is 2.67. The summed E-state index contributed by atoms with van der Waals surface area (Å²) < 4.78 is 0. The minimum Gasteiger partial charge on any atom is -0.299 e. The molecule has 1 atom stereocenters. The summed E-state index contributed by atoms with van der Waals surface area (Å²) >= 11 is 0. The summed E-state index contributed by atoms with van der Waals surface area (Å²) in [4.78, 5) is 2.59. The minimum atomic E-state index is 0.608. The van der Waals surface area contributed by atoms with E-state index in [1.165, 1.54) is 96.1 Å². The molecule has 2 aliphatic rings. The van der Waals surface area contributed by atoms with Crippen molar-refractivity contribution in [3.05, 3.63) is 118 Å². The molecule has 0 spiro atoms. The van der Waals surface area contributed by atoms with E-state index in [4.69, 9.17) is 0 Å². The van der Waals surface area contributed by atoms with Crippen molar-refractivity contribution >= 4 is 11.6 Å². The minimum absolute atomic E-state index is 0.608. The molecular weight excluding hydrogens is 542 g/mol. The van der Waals surface area contributed by atoms with Crippen molar-refractivity contribution in [1.29, 1.82) is 0 Å². The molecule has 0 N–H and O–H groups in total. The number of piperidine rings is 1. The van der Waals surface area contributed by atoms with Gasteiger partial charge in [-0.2, -0.15) is 0 Å². The van der Waals surface area contributed by atoms with Crippen LogP contribution in [0.3, 0.4) is 0 Å². The number of likely N-dealkylation sites (tertiary alicyclic amines) is 1. The maximum atomic E-state index is 3.83. The van der Waals surface area contributed by atoms with E-state index in [-0.39, 0.29) is 0 Å². The summed E-state index contributed by atoms with van der Waals surface area (Å²) in [6.45, 7) is 27.4. The van der Waals surface area contributed by atoms with Gasteiger partial charge >= 0.3 is 0 Å². The number of hydrogen-bond acceptors (Lipinski definition) is 1. The highest BCUT2D eigenvalue weighted by atomic mass is 15.1. The lowest BCUT2D eigenvalue weighted by Gasteiger charge is -2.31. The van der Waals surface area contributed by atoms with E-state index >= 15 is 0 Å². The first-order valence-corrected chi connectivity index (χ1v) is 18.0. The number of rotatable bonds is 9. The van der Waals surface area contributed by atoms with Crippen LogP contribution in [0.2, 0.25) is 0 Å². The molecule has 1 unspecified atom stereocenters. The first-order valence-electron chi connectivity index (χ1n) is 18.0. The molecule has 5 rings (SSSR count). The second kappa shape index (κ2) is 21.0. The third kappa shape index (κ3) is 14.0. The second-order valence-electron chi connectivity index (χ2n) is 13.2. The molecule has 2 fully saturated rings. The monoisotopic (exact) mass is 608 g/mol. The third-order valence-electron chi connectivity index (χ3n) is 9.57. The van der Waals surface area contributed by atoms with Gasteiger partial charge in [0.15, 0.2) is 0 Å². The Morgan fingerprint density at radius 1 is 0.844 bits per heavy atom. The molecular formula is C44H65N. The standard InChI is InChI=1S/C23H28.C15H23N.C4H8.C2H6/c1-6-17(3)19(5)23(22-11-9-8-10-18(22)4)16-21-14-12-20(7-2)13-15-21;1-3-14-8-10-16(11-9-14)12-15-6-4-13(2)5-7-15;1-4-2-3-4;1-2/h7-15,17H,2,6,16H2,1,3-5H3;4-7,14H,3,8-12H2,1-2H3;4H,2-3H2,1H3;1-2H3/b23-19-;;;. The zero-order valence-corrected chi connectivity index (χ0v) is 30.5. The Morgan fingerprint density at radius 3 is 1.89 bits per heavy atom. The average Bonchev–Trinajstić information content (AvgIpc) is 3.88. The van der Waals surface area contributed by atoms with E-state index < -0.39 is 0 Å². The molecule has 45 heavy (non-hydrogen) atoms. The molecule has 0 bridgehead atoms. The van der Waals surface area contributed by atoms with Gasteiger partial charge in [0, 0.05) is 6.54 Å². The maximum absolute atomic E-state index is 3.83. The normalized spacial score (nSPS) is 16.0. The summed E-state index contributed by atoms with van der Waals surface area (Å²) in [5, 5.41) is 0. The van der Waals surface area contributed by atoms with Crippen molar-refractivity contribution in [2.45, 2.75) is 114 Å². The number of nitrogens with zero attached hydrogens (tertiary/aromatic N) is 1. The van der Waals surface area contributed by atoms with Gasteiger partial charge in [-0.15, -0.1) is 0 Å². The fourth-order valence-electron chi connectivity index (χ4n) is 5.61. The zero-order valence-electron chi connectivity index (χ0n) is 30.5. The van der Waals surface area contributed by atoms with E-state index in [0.29, 0.717) is 5.92 Å². The number of benzene rings is 3. The Hall–Kier alpha value is -2.90. The predicted octanol–water partition coefficient (Wildman–Crippen LogP) is 12.8. The lowest BCUT2D eigenvalue weighted by molar-refractivity contribution is 0.175. The summed E-state index contributed by atoms with van der Waals surface area (Å²) in [6.07, 6.45) is 11.2. The van der Waals surface area contributed by atoms with E-state index in [1.54, 1.807) is 0 Å². The summed E-state index contributed by atoms with van der Waals surface area (Å²) in [5.41, 5.74) is 11.1. The first-order chi connectivity index (χ1) is 21.7. The maximum Gasteiger partial charge on any atom is 0.0233 e. The molecule has 1 heterocycles. The van der Waals surface area contributed by atoms with Crippen LogP contribution in [0, 0.1) is 31.6 Å². The molecule has 1 aliphatic heterocycles. The van der Waals surface area contributed by atoms with Crippen LogP contribution in [0.25, 0.3) is 11.6 Å². The van der Waals surface area contributed by atoms with Crippen molar-refractivity contribution in [3.8, 4) is 0 Å². The van der Waals surface area contributed by atoms with Crippen LogP contribution in [-0.2, 0) is 13.0 Å². The van der Waals surface area contributed by atoms with Gasteiger partial charge in [-0.3, -0.25) is 4.90 Å². The number of aryl methyl sites for hydroxylation is 2. The van der Waals surface area contributed by atoms with Gasteiger partial charge in [-0.1, -0.05) is 157 Å². The van der Waals surface area contributed by atoms with Crippen LogP contribution >= 0.6 is 0 Å². The first kappa shape index (κ1) is 38.3. The fraction of sp³-hybridized carbons (Fsp3) is 0.500. The Kier molecular flexibility index (Phi) is 17.9. The van der Waals surface area contributed by atoms with Crippen LogP contribution in [0.15, 0.2) is 84.9 Å². The zero-order chi connectivity index (χ0) is 33.2. The number of allylic oxidation sites excluding steroid dienone is 2. The van der Waals surface area contributed by atoms with Crippen LogP contribution < -0.4 is 0 Å². The molecule has 1 saturated carbocycles. The molecule has 0 amide bonds. The third-order valence-corrected chi connectivity index (χ3v) is 9.57. The molecule has 3 aromatic carbocycles. The number of hydrogen-bond donors (Lipinski definition) is 0. The van der Waals surface area contributed by atoms with Crippen LogP contribution in [0.4, 0.5) is 0 Å². The van der Waals surface area contributed by atoms with Crippen molar-refractivity contribution in [1.82, 2.24) is 4.90 Å². The van der Waals surface area contributed by atoms with E-state index in [9.17, 15) is 0 Å². The molecule has 0 aromatic heterocycles. The molecule has 1 saturated heterocycles. The smallest absolute Gasteiger partial charge is 0.0233 e. The molecule has 1 heteroatoms. The highest BCUT2D eigenvalue weighted by Crippen LogP contribution is 2.31. The predicted molar refractivity (Wildman–Crippen MR) is 203 cm³/mol. The van der Waals surface area contributed by atoms with Gasteiger partial charge in [0.1, 0.15) is 0 Å². The Morgan fingerprint density at radius 2 is 1.40 bits per heavy atom. The van der Waals surface area contributed by atoms with Gasteiger partial charge in [0.05, 0.1) is 0 Å². The van der Waals surface area contributed by atoms with Crippen molar-refractivity contribution in [2.24, 2.45) is 17.8 Å². The van der Waals surface area contributed by atoms with Gasteiger partial charge in [-0.05, 0) is 111 Å². The van der Waals surface area contributed by atoms with Crippen molar-refractivity contribution < 1.29 is 0 Å². The quantitative estimate of drug-likeness (QED) is 0.234. The van der Waals surface area contributed by atoms with Crippen molar-refractivity contribution in [3.63, 3.8) is 0 Å². The Labute approximate surface area is 278 Å². The lowest BCUT2D eigenvalue weighted by Crippen LogP contribution is -2.32. The van der Waals surface area contributed by atoms with Crippen LogP contribution in [0.1, 0.15) is 120 Å². The Bertz CT molecular complexity index is 1250. The van der Waals surface area contributed by atoms with E-state index in [0.717, 1.165) is 24.8 Å². The molecule has 0 radical (unpaired) electrons.